The van der Waals surface area contributed by atoms with E-state index in [0.717, 1.165) is 19.6 Å². The number of nitrogens with one attached hydrogen (secondary N) is 1. The van der Waals surface area contributed by atoms with Crippen molar-refractivity contribution in [2.24, 2.45) is 0 Å². The molecule has 3 aromatic rings. The van der Waals surface area contributed by atoms with Crippen molar-refractivity contribution in [2.75, 3.05) is 6.61 Å². The van der Waals surface area contributed by atoms with E-state index in [1.54, 1.807) is 12.1 Å². The normalized spacial score (nSPS) is 19.4. The number of aromatic hydroxyl groups is 1. The van der Waals surface area contributed by atoms with Crippen molar-refractivity contribution in [1.29, 1.82) is 0 Å². The van der Waals surface area contributed by atoms with Crippen LogP contribution in [0.5, 0.6) is 5.75 Å². The van der Waals surface area contributed by atoms with Gasteiger partial charge in [-0.05, 0) is 35.2 Å². The first-order valence-corrected chi connectivity index (χ1v) is 9.52. The Kier molecular flexibility index (Phi) is 5.52. The number of benzene rings is 3. The number of ether oxygens (including phenoxy) is 1. The third kappa shape index (κ3) is 4.38. The van der Waals surface area contributed by atoms with Gasteiger partial charge in [-0.15, -0.1) is 0 Å². The molecule has 4 rings (SSSR count). The first kappa shape index (κ1) is 17.8. The van der Waals surface area contributed by atoms with Crippen LogP contribution in [-0.4, -0.2) is 23.9 Å². The van der Waals surface area contributed by atoms with Crippen molar-refractivity contribution in [1.82, 2.24) is 5.32 Å². The molecule has 1 saturated heterocycles. The monoisotopic (exact) mass is 359 g/mol. The van der Waals surface area contributed by atoms with Crippen LogP contribution in [-0.2, 0) is 11.3 Å². The summed E-state index contributed by atoms with van der Waals surface area (Å²) in [7, 11) is 0. The van der Waals surface area contributed by atoms with Crippen LogP contribution in [0.4, 0.5) is 0 Å². The summed E-state index contributed by atoms with van der Waals surface area (Å²) >= 11 is 0. The van der Waals surface area contributed by atoms with Crippen LogP contribution < -0.4 is 5.32 Å². The van der Waals surface area contributed by atoms with Gasteiger partial charge in [-0.25, -0.2) is 0 Å². The van der Waals surface area contributed by atoms with Crippen molar-refractivity contribution < 1.29 is 9.84 Å². The Labute approximate surface area is 160 Å². The zero-order chi connectivity index (χ0) is 18.5. The summed E-state index contributed by atoms with van der Waals surface area (Å²) in [6, 6.07) is 29.0. The van der Waals surface area contributed by atoms with Crippen LogP contribution in [0.15, 0.2) is 84.9 Å². The largest absolute Gasteiger partial charge is 0.508 e. The zero-order valence-corrected chi connectivity index (χ0v) is 15.3. The molecule has 0 amide bonds. The predicted octanol–water partition coefficient (Wildman–Crippen LogP) is 4.47. The molecule has 0 radical (unpaired) electrons. The highest BCUT2D eigenvalue weighted by Gasteiger charge is 2.33. The van der Waals surface area contributed by atoms with E-state index in [1.807, 2.05) is 12.1 Å². The summed E-state index contributed by atoms with van der Waals surface area (Å²) in [5, 5.41) is 13.0. The van der Waals surface area contributed by atoms with Gasteiger partial charge in [0.25, 0.3) is 0 Å². The smallest absolute Gasteiger partial charge is 0.115 e. The molecule has 0 bridgehead atoms. The minimum atomic E-state index is 0.159. The molecule has 3 aromatic carbocycles. The fourth-order valence-electron chi connectivity index (χ4n) is 3.85. The lowest BCUT2D eigenvalue weighted by molar-refractivity contribution is 0.0959. The average Bonchev–Trinajstić information content (AvgIpc) is 3.18. The van der Waals surface area contributed by atoms with Crippen LogP contribution in [0.1, 0.15) is 29.0 Å². The summed E-state index contributed by atoms with van der Waals surface area (Å²) in [4.78, 5) is 0. The lowest BCUT2D eigenvalue weighted by Crippen LogP contribution is -2.29. The van der Waals surface area contributed by atoms with Gasteiger partial charge < -0.3 is 15.2 Å². The molecule has 0 aromatic heterocycles. The van der Waals surface area contributed by atoms with Crippen LogP contribution in [0, 0.1) is 0 Å². The van der Waals surface area contributed by atoms with Crippen molar-refractivity contribution in [3.05, 3.63) is 102 Å². The maximum Gasteiger partial charge on any atom is 0.115 e. The SMILES string of the molecule is Oc1ccc(CN[C@@H]2CO[C@H](C(c3ccccc3)c3ccccc3)C2)cc1. The second kappa shape index (κ2) is 8.38. The van der Waals surface area contributed by atoms with Crippen molar-refractivity contribution in [3.8, 4) is 5.75 Å². The molecule has 1 aliphatic heterocycles. The minimum absolute atomic E-state index is 0.159. The standard InChI is InChI=1S/C24H25NO2/c26-22-13-11-18(12-14-22)16-25-21-15-23(27-17-21)24(19-7-3-1-4-8-19)20-9-5-2-6-10-20/h1-14,21,23-26H,15-17H2/t21-,23-/m0/s1. The van der Waals surface area contributed by atoms with Gasteiger partial charge >= 0.3 is 0 Å². The third-order valence-corrected chi connectivity index (χ3v) is 5.25. The molecule has 3 heteroatoms. The van der Waals surface area contributed by atoms with E-state index in [0.29, 0.717) is 11.8 Å². The number of phenols is 1. The maximum absolute atomic E-state index is 9.41. The Hall–Kier alpha value is -2.62. The molecular weight excluding hydrogens is 334 g/mol. The molecular formula is C24H25NO2. The Bertz CT molecular complexity index is 794. The molecule has 1 heterocycles. The Morgan fingerprint density at radius 3 is 2.04 bits per heavy atom. The Morgan fingerprint density at radius 2 is 1.44 bits per heavy atom. The van der Waals surface area contributed by atoms with Crippen LogP contribution in [0.3, 0.4) is 0 Å². The summed E-state index contributed by atoms with van der Waals surface area (Å²) in [5.41, 5.74) is 3.76. The fraction of sp³-hybridized carbons (Fsp3) is 0.250. The predicted molar refractivity (Wildman–Crippen MR) is 108 cm³/mol. The van der Waals surface area contributed by atoms with Crippen LogP contribution >= 0.6 is 0 Å². The van der Waals surface area contributed by atoms with Gasteiger partial charge in [0.15, 0.2) is 0 Å². The van der Waals surface area contributed by atoms with E-state index in [1.165, 1.54) is 16.7 Å². The molecule has 0 unspecified atom stereocenters. The van der Waals surface area contributed by atoms with Crippen molar-refractivity contribution in [2.45, 2.75) is 31.0 Å². The van der Waals surface area contributed by atoms with Gasteiger partial charge in [0.1, 0.15) is 5.75 Å². The molecule has 0 aliphatic carbocycles. The molecule has 27 heavy (non-hydrogen) atoms. The van der Waals surface area contributed by atoms with E-state index in [-0.39, 0.29) is 12.0 Å². The summed E-state index contributed by atoms with van der Waals surface area (Å²) in [6.45, 7) is 1.50. The summed E-state index contributed by atoms with van der Waals surface area (Å²) in [6.07, 6.45) is 1.14. The fourth-order valence-corrected chi connectivity index (χ4v) is 3.85. The molecule has 3 nitrogen and oxygen atoms in total. The lowest BCUT2D eigenvalue weighted by Gasteiger charge is -2.24. The Balaban J connectivity index is 1.45. The van der Waals surface area contributed by atoms with Crippen LogP contribution in [0.25, 0.3) is 0 Å². The topological polar surface area (TPSA) is 41.5 Å². The molecule has 1 fully saturated rings. The lowest BCUT2D eigenvalue weighted by atomic mass is 9.85. The molecule has 1 aliphatic rings. The first-order chi connectivity index (χ1) is 13.3. The summed E-state index contributed by atoms with van der Waals surface area (Å²) in [5.74, 6) is 0.546. The van der Waals surface area contributed by atoms with E-state index < -0.39 is 0 Å². The highest BCUT2D eigenvalue weighted by Crippen LogP contribution is 2.34. The van der Waals surface area contributed by atoms with Gasteiger partial charge in [-0.1, -0.05) is 72.8 Å². The van der Waals surface area contributed by atoms with E-state index in [2.05, 4.69) is 66.0 Å². The van der Waals surface area contributed by atoms with Gasteiger partial charge in [0.2, 0.25) is 0 Å². The molecule has 0 saturated carbocycles. The van der Waals surface area contributed by atoms with Gasteiger partial charge in [0, 0.05) is 18.5 Å². The molecule has 0 spiro atoms. The number of hydrogen-bond acceptors (Lipinski definition) is 3. The highest BCUT2D eigenvalue weighted by molar-refractivity contribution is 5.34. The van der Waals surface area contributed by atoms with Crippen molar-refractivity contribution >= 4 is 0 Å². The first-order valence-electron chi connectivity index (χ1n) is 9.52. The molecule has 2 atom stereocenters. The maximum atomic E-state index is 9.41. The second-order valence-corrected chi connectivity index (χ2v) is 7.15. The van der Waals surface area contributed by atoms with Crippen molar-refractivity contribution in [3.63, 3.8) is 0 Å². The van der Waals surface area contributed by atoms with Crippen LogP contribution in [0.2, 0.25) is 0 Å². The Morgan fingerprint density at radius 1 is 0.852 bits per heavy atom. The molecule has 2 N–H and O–H groups in total. The minimum Gasteiger partial charge on any atom is -0.508 e. The van der Waals surface area contributed by atoms with E-state index in [4.69, 9.17) is 4.74 Å². The number of phenolic OH excluding ortho intramolecular Hbond substituents is 1. The van der Waals surface area contributed by atoms with E-state index >= 15 is 0 Å². The highest BCUT2D eigenvalue weighted by atomic mass is 16.5. The van der Waals surface area contributed by atoms with Gasteiger partial charge in [-0.3, -0.25) is 0 Å². The third-order valence-electron chi connectivity index (χ3n) is 5.25. The average molecular weight is 359 g/mol. The summed E-state index contributed by atoms with van der Waals surface area (Å²) < 4.78 is 6.24. The van der Waals surface area contributed by atoms with E-state index in [9.17, 15) is 5.11 Å². The molecule has 138 valence electrons. The van der Waals surface area contributed by atoms with Gasteiger partial charge in [0.05, 0.1) is 12.7 Å². The number of rotatable bonds is 6. The second-order valence-electron chi connectivity index (χ2n) is 7.15. The number of hydrogen-bond donors (Lipinski definition) is 2. The quantitative estimate of drug-likeness (QED) is 0.682. The zero-order valence-electron chi connectivity index (χ0n) is 15.3. The van der Waals surface area contributed by atoms with Gasteiger partial charge in [-0.2, -0.15) is 0 Å².